The molecule has 0 radical (unpaired) electrons. The monoisotopic (exact) mass is 171 g/mol. The molecular formula is C9H17NO2. The number of hydrogen-bond acceptors (Lipinski definition) is 3. The number of rotatable bonds is 3. The first-order valence-corrected chi connectivity index (χ1v) is 4.49. The summed E-state index contributed by atoms with van der Waals surface area (Å²) in [6.07, 6.45) is 1.23. The van der Waals surface area contributed by atoms with Gasteiger partial charge in [-0.3, -0.25) is 0 Å². The molecule has 0 aromatic heterocycles. The van der Waals surface area contributed by atoms with Crippen LogP contribution in [-0.4, -0.2) is 23.0 Å². The van der Waals surface area contributed by atoms with Crippen molar-refractivity contribution < 1.29 is 9.94 Å². The van der Waals surface area contributed by atoms with E-state index >= 15 is 0 Å². The minimum atomic E-state index is -0.418. The topological polar surface area (TPSA) is 41.8 Å². The van der Waals surface area contributed by atoms with Crippen LogP contribution >= 0.6 is 0 Å². The molecule has 0 aliphatic carbocycles. The second-order valence-corrected chi connectivity index (χ2v) is 3.84. The van der Waals surface area contributed by atoms with Crippen LogP contribution < -0.4 is 0 Å². The van der Waals surface area contributed by atoms with Gasteiger partial charge in [0.2, 0.25) is 0 Å². The van der Waals surface area contributed by atoms with E-state index in [0.29, 0.717) is 5.92 Å². The predicted octanol–water partition coefficient (Wildman–Crippen LogP) is 1.56. The average molecular weight is 171 g/mol. The highest BCUT2D eigenvalue weighted by Crippen LogP contribution is 2.18. The van der Waals surface area contributed by atoms with Crippen molar-refractivity contribution in [2.24, 2.45) is 11.1 Å². The summed E-state index contributed by atoms with van der Waals surface area (Å²) in [5.41, 5.74) is 1.08. The lowest BCUT2D eigenvalue weighted by Crippen LogP contribution is -2.22. The van der Waals surface area contributed by atoms with Crippen LogP contribution in [0.1, 0.15) is 33.6 Å². The molecule has 0 amide bonds. The molecule has 1 rings (SSSR count). The van der Waals surface area contributed by atoms with E-state index in [2.05, 4.69) is 19.0 Å². The maximum absolute atomic E-state index is 9.21. The van der Waals surface area contributed by atoms with E-state index < -0.39 is 6.10 Å². The smallest absolute Gasteiger partial charge is 0.158 e. The van der Waals surface area contributed by atoms with Crippen LogP contribution in [0.15, 0.2) is 5.16 Å². The van der Waals surface area contributed by atoms with Gasteiger partial charge in [-0.05, 0) is 19.3 Å². The fraction of sp³-hybridized carbons (Fsp3) is 0.889. The Morgan fingerprint density at radius 2 is 2.25 bits per heavy atom. The van der Waals surface area contributed by atoms with Crippen molar-refractivity contribution in [1.29, 1.82) is 0 Å². The van der Waals surface area contributed by atoms with Crippen molar-refractivity contribution in [3.8, 4) is 0 Å². The maximum atomic E-state index is 9.21. The molecule has 0 aromatic rings. The molecule has 0 bridgehead atoms. The molecular weight excluding hydrogens is 154 g/mol. The Morgan fingerprint density at radius 1 is 1.58 bits per heavy atom. The lowest BCUT2D eigenvalue weighted by atomic mass is 10.0. The molecule has 1 aliphatic heterocycles. The highest BCUT2D eigenvalue weighted by Gasteiger charge is 2.25. The summed E-state index contributed by atoms with van der Waals surface area (Å²) < 4.78 is 0. The van der Waals surface area contributed by atoms with Crippen LogP contribution in [0.2, 0.25) is 0 Å². The van der Waals surface area contributed by atoms with E-state index in [9.17, 15) is 5.11 Å². The zero-order valence-electron chi connectivity index (χ0n) is 7.95. The van der Waals surface area contributed by atoms with Crippen LogP contribution in [0.25, 0.3) is 0 Å². The van der Waals surface area contributed by atoms with Crippen LogP contribution in [0.3, 0.4) is 0 Å². The molecule has 0 unspecified atom stereocenters. The molecule has 3 nitrogen and oxygen atoms in total. The third-order valence-electron chi connectivity index (χ3n) is 1.94. The van der Waals surface area contributed by atoms with Gasteiger partial charge in [0.15, 0.2) is 6.10 Å². The first kappa shape index (κ1) is 9.52. The Bertz CT molecular complexity index is 175. The van der Waals surface area contributed by atoms with E-state index in [1.165, 1.54) is 0 Å². The van der Waals surface area contributed by atoms with Gasteiger partial charge in [-0.1, -0.05) is 19.0 Å². The molecule has 70 valence electrons. The van der Waals surface area contributed by atoms with Crippen LogP contribution in [-0.2, 0) is 4.84 Å². The van der Waals surface area contributed by atoms with Gasteiger partial charge in [0.05, 0.1) is 11.8 Å². The largest absolute Gasteiger partial charge is 0.389 e. The van der Waals surface area contributed by atoms with E-state index in [0.717, 1.165) is 18.6 Å². The van der Waals surface area contributed by atoms with Gasteiger partial charge in [0, 0.05) is 6.42 Å². The van der Waals surface area contributed by atoms with Crippen molar-refractivity contribution >= 4 is 5.71 Å². The highest BCUT2D eigenvalue weighted by molar-refractivity contribution is 5.85. The summed E-state index contributed by atoms with van der Waals surface area (Å²) in [5.74, 6) is 0.611. The Balaban J connectivity index is 2.33. The third kappa shape index (κ3) is 2.48. The number of nitrogens with zero attached hydrogens (tertiary/aromatic N) is 1. The molecule has 1 N–H and O–H groups in total. The standard InChI is InChI=1S/C9H17NO2/c1-6(2)4-8-5-9(7(3)11)12-10-8/h6-7,9,11H,4-5H2,1-3H3/t7-,9-/m1/s1. The van der Waals surface area contributed by atoms with Gasteiger partial charge in [-0.2, -0.15) is 0 Å². The van der Waals surface area contributed by atoms with Gasteiger partial charge >= 0.3 is 0 Å². The van der Waals surface area contributed by atoms with Crippen molar-refractivity contribution in [2.45, 2.75) is 45.8 Å². The normalized spacial score (nSPS) is 25.4. The first-order chi connectivity index (χ1) is 5.59. The van der Waals surface area contributed by atoms with Gasteiger partial charge in [0.1, 0.15) is 0 Å². The van der Waals surface area contributed by atoms with E-state index in [1.54, 1.807) is 6.92 Å². The minimum Gasteiger partial charge on any atom is -0.389 e. The first-order valence-electron chi connectivity index (χ1n) is 4.49. The number of aliphatic hydroxyl groups is 1. The summed E-state index contributed by atoms with van der Waals surface area (Å²) in [4.78, 5) is 5.07. The number of aliphatic hydroxyl groups excluding tert-OH is 1. The Hall–Kier alpha value is -0.570. The van der Waals surface area contributed by atoms with E-state index in [-0.39, 0.29) is 6.10 Å². The third-order valence-corrected chi connectivity index (χ3v) is 1.94. The van der Waals surface area contributed by atoms with Gasteiger partial charge in [0.25, 0.3) is 0 Å². The van der Waals surface area contributed by atoms with Crippen LogP contribution in [0.5, 0.6) is 0 Å². The molecule has 2 atom stereocenters. The SMILES string of the molecule is CC(C)CC1=NO[C@@H]([C@@H](C)O)C1. The zero-order chi connectivity index (χ0) is 9.14. The summed E-state index contributed by atoms with van der Waals surface area (Å²) in [6, 6.07) is 0. The zero-order valence-corrected chi connectivity index (χ0v) is 7.95. The van der Waals surface area contributed by atoms with Gasteiger partial charge in [-0.15, -0.1) is 0 Å². The van der Waals surface area contributed by atoms with Crippen molar-refractivity contribution in [3.63, 3.8) is 0 Å². The molecule has 0 aromatic carbocycles. The summed E-state index contributed by atoms with van der Waals surface area (Å²) in [5, 5.41) is 13.1. The van der Waals surface area contributed by atoms with Gasteiger partial charge < -0.3 is 9.94 Å². The van der Waals surface area contributed by atoms with Gasteiger partial charge in [-0.25, -0.2) is 0 Å². The summed E-state index contributed by atoms with van der Waals surface area (Å²) in [6.45, 7) is 6.04. The molecule has 0 saturated carbocycles. The highest BCUT2D eigenvalue weighted by atomic mass is 16.6. The van der Waals surface area contributed by atoms with Crippen molar-refractivity contribution in [2.75, 3.05) is 0 Å². The summed E-state index contributed by atoms with van der Waals surface area (Å²) >= 11 is 0. The van der Waals surface area contributed by atoms with E-state index in [4.69, 9.17) is 4.84 Å². The summed E-state index contributed by atoms with van der Waals surface area (Å²) in [7, 11) is 0. The van der Waals surface area contributed by atoms with Crippen LogP contribution in [0, 0.1) is 5.92 Å². The Morgan fingerprint density at radius 3 is 2.67 bits per heavy atom. The second kappa shape index (κ2) is 3.90. The minimum absolute atomic E-state index is 0.112. The predicted molar refractivity (Wildman–Crippen MR) is 48.1 cm³/mol. The molecule has 1 aliphatic rings. The fourth-order valence-corrected chi connectivity index (χ4v) is 1.30. The molecule has 12 heavy (non-hydrogen) atoms. The lowest BCUT2D eigenvalue weighted by molar-refractivity contribution is -0.00780. The van der Waals surface area contributed by atoms with Crippen molar-refractivity contribution in [3.05, 3.63) is 0 Å². The fourth-order valence-electron chi connectivity index (χ4n) is 1.30. The van der Waals surface area contributed by atoms with Crippen molar-refractivity contribution in [1.82, 2.24) is 0 Å². The molecule has 0 saturated heterocycles. The second-order valence-electron chi connectivity index (χ2n) is 3.84. The quantitative estimate of drug-likeness (QED) is 0.700. The molecule has 0 spiro atoms. The maximum Gasteiger partial charge on any atom is 0.158 e. The lowest BCUT2D eigenvalue weighted by Gasteiger charge is -2.10. The number of hydrogen-bond donors (Lipinski definition) is 1. The molecule has 0 fully saturated rings. The Labute approximate surface area is 73.4 Å². The van der Waals surface area contributed by atoms with Crippen LogP contribution in [0.4, 0.5) is 0 Å². The molecule has 1 heterocycles. The molecule has 3 heteroatoms. The average Bonchev–Trinajstić information content (AvgIpc) is 2.34. The van der Waals surface area contributed by atoms with E-state index in [1.807, 2.05) is 0 Å². The Kier molecular flexibility index (Phi) is 3.09. The number of oxime groups is 1.